The number of benzene rings is 1. The molecule has 0 amide bonds. The molecule has 0 spiro atoms. The molecule has 0 saturated heterocycles. The van der Waals surface area contributed by atoms with E-state index in [1.807, 2.05) is 11.7 Å². The van der Waals surface area contributed by atoms with Crippen LogP contribution in [0, 0.1) is 6.92 Å². The normalized spacial score (nSPS) is 12.8. The van der Waals surface area contributed by atoms with Crippen molar-refractivity contribution in [1.29, 1.82) is 0 Å². The van der Waals surface area contributed by atoms with E-state index >= 15 is 0 Å². The average molecular weight is 286 g/mol. The lowest BCUT2D eigenvalue weighted by Crippen LogP contribution is -2.29. The van der Waals surface area contributed by atoms with E-state index in [1.54, 1.807) is 6.33 Å². The van der Waals surface area contributed by atoms with Gasteiger partial charge in [-0.3, -0.25) is 0 Å². The third kappa shape index (κ3) is 4.39. The van der Waals surface area contributed by atoms with Gasteiger partial charge in [-0.05, 0) is 46.2 Å². The van der Waals surface area contributed by atoms with E-state index < -0.39 is 0 Å². The molecule has 1 unspecified atom stereocenters. The van der Waals surface area contributed by atoms with Crippen molar-refractivity contribution in [2.24, 2.45) is 0 Å². The molecule has 1 aromatic carbocycles. The number of aromatic nitrogens is 3. The lowest BCUT2D eigenvalue weighted by molar-refractivity contribution is 0.458. The summed E-state index contributed by atoms with van der Waals surface area (Å²) in [5.41, 5.74) is 2.71. The maximum atomic E-state index is 4.40. The molecule has 0 bridgehead atoms. The van der Waals surface area contributed by atoms with Gasteiger partial charge in [0.2, 0.25) is 0 Å². The second-order valence-electron chi connectivity index (χ2n) is 5.93. The highest BCUT2D eigenvalue weighted by Gasteiger charge is 2.14. The van der Waals surface area contributed by atoms with Crippen molar-refractivity contribution in [3.63, 3.8) is 0 Å². The first-order valence-electron chi connectivity index (χ1n) is 7.71. The van der Waals surface area contributed by atoms with Crippen LogP contribution in [-0.2, 0) is 12.8 Å². The van der Waals surface area contributed by atoms with Crippen LogP contribution in [0.1, 0.15) is 43.3 Å². The van der Waals surface area contributed by atoms with Crippen molar-refractivity contribution in [3.05, 3.63) is 47.5 Å². The van der Waals surface area contributed by atoms with E-state index in [-0.39, 0.29) is 0 Å². The highest BCUT2D eigenvalue weighted by molar-refractivity contribution is 5.21. The highest BCUT2D eigenvalue weighted by atomic mass is 15.3. The zero-order valence-electron chi connectivity index (χ0n) is 13.5. The van der Waals surface area contributed by atoms with Gasteiger partial charge in [-0.25, -0.2) is 9.67 Å². The fourth-order valence-electron chi connectivity index (χ4n) is 2.52. The molecule has 114 valence electrons. The van der Waals surface area contributed by atoms with Gasteiger partial charge in [0.05, 0.1) is 0 Å². The third-order valence-corrected chi connectivity index (χ3v) is 3.88. The van der Waals surface area contributed by atoms with E-state index in [9.17, 15) is 0 Å². The van der Waals surface area contributed by atoms with Gasteiger partial charge in [0, 0.05) is 18.5 Å². The Morgan fingerprint density at radius 2 is 1.90 bits per heavy atom. The minimum Gasteiger partial charge on any atom is -0.317 e. The van der Waals surface area contributed by atoms with Crippen LogP contribution < -0.4 is 5.32 Å². The van der Waals surface area contributed by atoms with E-state index in [4.69, 9.17) is 0 Å². The first kappa shape index (κ1) is 15.7. The molecule has 0 aliphatic rings. The molecule has 4 heteroatoms. The van der Waals surface area contributed by atoms with E-state index in [0.29, 0.717) is 12.1 Å². The van der Waals surface area contributed by atoms with Crippen molar-refractivity contribution >= 4 is 0 Å². The first-order chi connectivity index (χ1) is 10.1. The van der Waals surface area contributed by atoms with Gasteiger partial charge < -0.3 is 5.32 Å². The lowest BCUT2D eigenvalue weighted by atomic mass is 10.0. The van der Waals surface area contributed by atoms with Gasteiger partial charge in [-0.1, -0.05) is 29.8 Å². The standard InChI is InChI=1S/C17H26N4/c1-13(2)21-17(19-12-20-21)11-16(18-4)10-9-15-7-5-14(3)6-8-15/h5-8,12-13,16,18H,9-11H2,1-4H3. The van der Waals surface area contributed by atoms with Crippen LogP contribution in [0.15, 0.2) is 30.6 Å². The molecule has 0 aliphatic carbocycles. The van der Waals surface area contributed by atoms with Gasteiger partial charge in [-0.15, -0.1) is 0 Å². The molecule has 4 nitrogen and oxygen atoms in total. The molecule has 0 aliphatic heterocycles. The number of nitrogens with zero attached hydrogens (tertiary/aromatic N) is 3. The predicted molar refractivity (Wildman–Crippen MR) is 86.5 cm³/mol. The smallest absolute Gasteiger partial charge is 0.138 e. The number of likely N-dealkylation sites (N-methyl/N-ethyl adjacent to an activating group) is 1. The maximum absolute atomic E-state index is 4.40. The summed E-state index contributed by atoms with van der Waals surface area (Å²) in [5.74, 6) is 1.06. The van der Waals surface area contributed by atoms with E-state index in [2.05, 4.69) is 60.4 Å². The molecule has 1 aromatic heterocycles. The molecule has 1 atom stereocenters. The van der Waals surface area contributed by atoms with Crippen molar-refractivity contribution in [3.8, 4) is 0 Å². The van der Waals surface area contributed by atoms with Gasteiger partial charge in [0.25, 0.3) is 0 Å². The second kappa shape index (κ2) is 7.36. The first-order valence-corrected chi connectivity index (χ1v) is 7.71. The predicted octanol–water partition coefficient (Wildman–Crippen LogP) is 2.93. The molecular formula is C17H26N4. The van der Waals surface area contributed by atoms with E-state index in [1.165, 1.54) is 11.1 Å². The minimum atomic E-state index is 0.358. The fourth-order valence-corrected chi connectivity index (χ4v) is 2.52. The second-order valence-corrected chi connectivity index (χ2v) is 5.93. The van der Waals surface area contributed by atoms with Crippen LogP contribution in [0.3, 0.4) is 0 Å². The maximum Gasteiger partial charge on any atom is 0.138 e. The highest BCUT2D eigenvalue weighted by Crippen LogP contribution is 2.12. The van der Waals surface area contributed by atoms with Crippen molar-refractivity contribution in [2.75, 3.05) is 7.05 Å². The van der Waals surface area contributed by atoms with Crippen molar-refractivity contribution in [1.82, 2.24) is 20.1 Å². The van der Waals surface area contributed by atoms with Crippen LogP contribution in [-0.4, -0.2) is 27.9 Å². The molecule has 1 N–H and O–H groups in total. The number of nitrogens with one attached hydrogen (secondary N) is 1. The van der Waals surface area contributed by atoms with Crippen LogP contribution in [0.2, 0.25) is 0 Å². The summed E-state index contributed by atoms with van der Waals surface area (Å²) in [7, 11) is 2.02. The minimum absolute atomic E-state index is 0.358. The summed E-state index contributed by atoms with van der Waals surface area (Å²) in [4.78, 5) is 4.40. The lowest BCUT2D eigenvalue weighted by Gasteiger charge is -2.17. The van der Waals surface area contributed by atoms with Crippen LogP contribution >= 0.6 is 0 Å². The van der Waals surface area contributed by atoms with Gasteiger partial charge >= 0.3 is 0 Å². The molecule has 0 radical (unpaired) electrons. The summed E-state index contributed by atoms with van der Waals surface area (Å²) in [6.45, 7) is 6.40. The summed E-state index contributed by atoms with van der Waals surface area (Å²) in [6, 6.07) is 9.58. The Morgan fingerprint density at radius 1 is 1.19 bits per heavy atom. The Balaban J connectivity index is 1.94. The van der Waals surface area contributed by atoms with Gasteiger partial charge in [0.1, 0.15) is 12.2 Å². The SMILES string of the molecule is CNC(CCc1ccc(C)cc1)Cc1ncnn1C(C)C. The van der Waals surface area contributed by atoms with Crippen molar-refractivity contribution < 1.29 is 0 Å². The Labute approximate surface area is 127 Å². The quantitative estimate of drug-likeness (QED) is 0.851. The molecule has 2 aromatic rings. The average Bonchev–Trinajstić information content (AvgIpc) is 2.93. The third-order valence-electron chi connectivity index (χ3n) is 3.88. The largest absolute Gasteiger partial charge is 0.317 e. The topological polar surface area (TPSA) is 42.7 Å². The number of rotatable bonds is 7. The molecule has 2 rings (SSSR count). The van der Waals surface area contributed by atoms with Crippen LogP contribution in [0.25, 0.3) is 0 Å². The zero-order valence-corrected chi connectivity index (χ0v) is 13.5. The fraction of sp³-hybridized carbons (Fsp3) is 0.529. The number of aryl methyl sites for hydroxylation is 2. The summed E-state index contributed by atoms with van der Waals surface area (Å²) in [5, 5.41) is 7.72. The van der Waals surface area contributed by atoms with Crippen LogP contribution in [0.5, 0.6) is 0 Å². The number of hydrogen-bond acceptors (Lipinski definition) is 3. The zero-order chi connectivity index (χ0) is 15.2. The Morgan fingerprint density at radius 3 is 2.52 bits per heavy atom. The molecule has 0 saturated carbocycles. The summed E-state index contributed by atoms with van der Waals surface area (Å²) >= 11 is 0. The molecular weight excluding hydrogens is 260 g/mol. The van der Waals surface area contributed by atoms with Crippen LogP contribution in [0.4, 0.5) is 0 Å². The Kier molecular flexibility index (Phi) is 5.51. The van der Waals surface area contributed by atoms with Gasteiger partial charge in [0.15, 0.2) is 0 Å². The monoisotopic (exact) mass is 286 g/mol. The van der Waals surface area contributed by atoms with E-state index in [0.717, 1.165) is 25.1 Å². The Hall–Kier alpha value is -1.68. The summed E-state index contributed by atoms with van der Waals surface area (Å²) < 4.78 is 2.01. The van der Waals surface area contributed by atoms with Gasteiger partial charge in [-0.2, -0.15) is 5.10 Å². The molecule has 1 heterocycles. The number of hydrogen-bond donors (Lipinski definition) is 1. The Bertz CT molecular complexity index is 542. The molecule has 21 heavy (non-hydrogen) atoms. The molecule has 0 fully saturated rings. The summed E-state index contributed by atoms with van der Waals surface area (Å²) in [6.07, 6.45) is 4.76. The van der Waals surface area contributed by atoms with Crippen molar-refractivity contribution in [2.45, 2.75) is 52.1 Å².